The minimum Gasteiger partial charge on any atom is -0.496 e. The summed E-state index contributed by atoms with van der Waals surface area (Å²) in [7, 11) is -1.22. The highest BCUT2D eigenvalue weighted by molar-refractivity contribution is 9.10. The molecule has 1 saturated heterocycles. The molecule has 3 nitrogen and oxygen atoms in total. The summed E-state index contributed by atoms with van der Waals surface area (Å²) in [6, 6.07) is 5.94. The van der Waals surface area contributed by atoms with Crippen LogP contribution in [-0.4, -0.2) is 32.9 Å². The van der Waals surface area contributed by atoms with E-state index in [0.29, 0.717) is 11.6 Å². The van der Waals surface area contributed by atoms with Gasteiger partial charge in [0.25, 0.3) is 0 Å². The molecule has 0 radical (unpaired) electrons. The molecule has 1 heterocycles. The van der Waals surface area contributed by atoms with Crippen LogP contribution in [0, 0.1) is 11.8 Å². The van der Waals surface area contributed by atoms with Gasteiger partial charge in [-0.1, -0.05) is 6.07 Å². The molecule has 0 N–H and O–H groups in total. The van der Waals surface area contributed by atoms with Gasteiger partial charge in [-0.25, -0.2) is 8.42 Å². The second kappa shape index (κ2) is 6.67. The van der Waals surface area contributed by atoms with Gasteiger partial charge in [-0.05, 0) is 58.3 Å². The molecule has 2 unspecified atom stereocenters. The fraction of sp³-hybridized carbons (Fsp3) is 0.571. The zero-order valence-electron chi connectivity index (χ0n) is 11.3. The van der Waals surface area contributed by atoms with Crippen LogP contribution in [0.1, 0.15) is 12.0 Å². The van der Waals surface area contributed by atoms with E-state index >= 15 is 0 Å². The van der Waals surface area contributed by atoms with Crippen LogP contribution in [0.15, 0.2) is 22.7 Å². The Labute approximate surface area is 133 Å². The van der Waals surface area contributed by atoms with Gasteiger partial charge in [0.05, 0.1) is 23.1 Å². The van der Waals surface area contributed by atoms with E-state index in [1.54, 1.807) is 7.11 Å². The Bertz CT molecular complexity index is 574. The number of benzene rings is 1. The van der Waals surface area contributed by atoms with Crippen LogP contribution >= 0.6 is 27.5 Å². The fourth-order valence-electron chi connectivity index (χ4n) is 2.68. The number of hydrogen-bond donors (Lipinski definition) is 0. The van der Waals surface area contributed by atoms with Gasteiger partial charge in [0.15, 0.2) is 9.84 Å². The van der Waals surface area contributed by atoms with Gasteiger partial charge in [-0.15, -0.1) is 11.6 Å². The normalized spacial score (nSPS) is 22.6. The summed E-state index contributed by atoms with van der Waals surface area (Å²) in [5.41, 5.74) is 1.15. The summed E-state index contributed by atoms with van der Waals surface area (Å²) in [5.74, 6) is 2.25. The van der Waals surface area contributed by atoms with E-state index in [4.69, 9.17) is 16.3 Å². The van der Waals surface area contributed by atoms with Crippen LogP contribution in [0.4, 0.5) is 0 Å². The molecule has 2 atom stereocenters. The molecule has 0 amide bonds. The quantitative estimate of drug-likeness (QED) is 0.735. The van der Waals surface area contributed by atoms with Gasteiger partial charge >= 0.3 is 0 Å². The molecule has 6 heteroatoms. The second-order valence-electron chi connectivity index (χ2n) is 5.25. The average molecular weight is 382 g/mol. The molecule has 1 aromatic rings. The number of alkyl halides is 1. The monoisotopic (exact) mass is 380 g/mol. The topological polar surface area (TPSA) is 43.4 Å². The van der Waals surface area contributed by atoms with Crippen LogP contribution in [0.5, 0.6) is 5.75 Å². The van der Waals surface area contributed by atoms with Crippen LogP contribution in [0.2, 0.25) is 0 Å². The number of sulfone groups is 1. The minimum atomic E-state index is -2.85. The van der Waals surface area contributed by atoms with E-state index in [1.165, 1.54) is 0 Å². The molecule has 0 spiro atoms. The van der Waals surface area contributed by atoms with Crippen molar-refractivity contribution in [2.75, 3.05) is 24.5 Å². The molecule has 1 aliphatic rings. The summed E-state index contributed by atoms with van der Waals surface area (Å²) in [4.78, 5) is 0. The zero-order chi connectivity index (χ0) is 14.8. The van der Waals surface area contributed by atoms with Crippen molar-refractivity contribution in [1.82, 2.24) is 0 Å². The Kier molecular flexibility index (Phi) is 5.37. The third-order valence-electron chi connectivity index (χ3n) is 3.85. The number of hydrogen-bond acceptors (Lipinski definition) is 3. The zero-order valence-corrected chi connectivity index (χ0v) is 14.5. The number of methoxy groups -OCH3 is 1. The largest absolute Gasteiger partial charge is 0.496 e. The van der Waals surface area contributed by atoms with Crippen molar-refractivity contribution in [1.29, 1.82) is 0 Å². The molecular weight excluding hydrogens is 364 g/mol. The van der Waals surface area contributed by atoms with Crippen LogP contribution < -0.4 is 4.74 Å². The Hall–Kier alpha value is -0.260. The lowest BCUT2D eigenvalue weighted by atomic mass is 9.88. The maximum absolute atomic E-state index is 11.6. The van der Waals surface area contributed by atoms with Crippen LogP contribution in [-0.2, 0) is 16.3 Å². The molecule has 0 saturated carbocycles. The lowest BCUT2D eigenvalue weighted by Gasteiger charge is -2.20. The first kappa shape index (κ1) is 16.1. The highest BCUT2D eigenvalue weighted by atomic mass is 79.9. The Balaban J connectivity index is 2.09. The summed E-state index contributed by atoms with van der Waals surface area (Å²) < 4.78 is 29.3. The third-order valence-corrected chi connectivity index (χ3v) is 6.66. The molecule has 0 bridgehead atoms. The molecule has 0 aromatic heterocycles. The van der Waals surface area contributed by atoms with Crippen LogP contribution in [0.25, 0.3) is 0 Å². The maximum Gasteiger partial charge on any atom is 0.150 e. The number of ether oxygens (including phenoxy) is 1. The predicted molar refractivity (Wildman–Crippen MR) is 85.4 cm³/mol. The van der Waals surface area contributed by atoms with E-state index in [2.05, 4.69) is 15.9 Å². The summed E-state index contributed by atoms with van der Waals surface area (Å²) in [5, 5.41) is 0. The molecule has 20 heavy (non-hydrogen) atoms. The van der Waals surface area contributed by atoms with E-state index in [1.807, 2.05) is 18.2 Å². The predicted octanol–water partition coefficient (Wildman–Crippen LogP) is 3.29. The molecule has 1 aromatic carbocycles. The SMILES string of the molecule is COc1ccc(CC(CCl)C2CCS(=O)(=O)C2)cc1Br. The second-order valence-corrected chi connectivity index (χ2v) is 8.64. The first-order valence-corrected chi connectivity index (χ1v) is 9.69. The highest BCUT2D eigenvalue weighted by Gasteiger charge is 2.33. The van der Waals surface area contributed by atoms with Crippen molar-refractivity contribution in [3.8, 4) is 5.75 Å². The lowest BCUT2D eigenvalue weighted by molar-refractivity contribution is 0.396. The number of halogens is 2. The van der Waals surface area contributed by atoms with E-state index < -0.39 is 9.84 Å². The van der Waals surface area contributed by atoms with Gasteiger partial charge in [-0.2, -0.15) is 0 Å². The van der Waals surface area contributed by atoms with Crippen molar-refractivity contribution in [3.05, 3.63) is 28.2 Å². The van der Waals surface area contributed by atoms with Crippen molar-refractivity contribution in [2.45, 2.75) is 12.8 Å². The molecule has 0 aliphatic carbocycles. The van der Waals surface area contributed by atoms with Gasteiger partial charge in [0.1, 0.15) is 5.75 Å². The van der Waals surface area contributed by atoms with Gasteiger partial charge < -0.3 is 4.74 Å². The van der Waals surface area contributed by atoms with Crippen molar-refractivity contribution in [2.24, 2.45) is 11.8 Å². The Morgan fingerprint density at radius 3 is 2.75 bits per heavy atom. The molecule has 112 valence electrons. The van der Waals surface area contributed by atoms with E-state index in [0.717, 1.165) is 28.6 Å². The van der Waals surface area contributed by atoms with Crippen molar-refractivity contribution in [3.63, 3.8) is 0 Å². The summed E-state index contributed by atoms with van der Waals surface area (Å²) in [6.45, 7) is 0. The van der Waals surface area contributed by atoms with Gasteiger partial charge in [0.2, 0.25) is 0 Å². The smallest absolute Gasteiger partial charge is 0.150 e. The third kappa shape index (κ3) is 3.89. The van der Waals surface area contributed by atoms with Crippen LogP contribution in [0.3, 0.4) is 0 Å². The summed E-state index contributed by atoms with van der Waals surface area (Å²) >= 11 is 9.52. The fourth-order valence-corrected chi connectivity index (χ4v) is 5.55. The first-order valence-electron chi connectivity index (χ1n) is 6.54. The molecule has 2 rings (SSSR count). The van der Waals surface area contributed by atoms with Gasteiger partial charge in [0, 0.05) is 5.88 Å². The highest BCUT2D eigenvalue weighted by Crippen LogP contribution is 2.32. The first-order chi connectivity index (χ1) is 9.45. The number of rotatable bonds is 5. The average Bonchev–Trinajstić information content (AvgIpc) is 2.76. The van der Waals surface area contributed by atoms with E-state index in [-0.39, 0.29) is 17.6 Å². The molecular formula is C14H18BrClO3S. The standard InChI is InChI=1S/C14H18BrClO3S/c1-19-14-3-2-10(7-13(14)15)6-12(8-16)11-4-5-20(17,18)9-11/h2-3,7,11-12H,4-6,8-9H2,1H3. The summed E-state index contributed by atoms with van der Waals surface area (Å²) in [6.07, 6.45) is 1.53. The van der Waals surface area contributed by atoms with Crippen molar-refractivity contribution < 1.29 is 13.2 Å². The van der Waals surface area contributed by atoms with Gasteiger partial charge in [-0.3, -0.25) is 0 Å². The van der Waals surface area contributed by atoms with Crippen molar-refractivity contribution >= 4 is 37.4 Å². The molecule has 1 aliphatic heterocycles. The van der Waals surface area contributed by atoms with E-state index in [9.17, 15) is 8.42 Å². The minimum absolute atomic E-state index is 0.179. The Morgan fingerprint density at radius 1 is 1.50 bits per heavy atom. The maximum atomic E-state index is 11.6. The molecule has 1 fully saturated rings. The lowest BCUT2D eigenvalue weighted by Crippen LogP contribution is -2.20. The Morgan fingerprint density at radius 2 is 2.25 bits per heavy atom.